The van der Waals surface area contributed by atoms with Crippen molar-refractivity contribution in [2.45, 2.75) is 51.0 Å². The van der Waals surface area contributed by atoms with Crippen LogP contribution in [0.15, 0.2) is 24.3 Å². The first-order valence-electron chi connectivity index (χ1n) is 8.61. The predicted octanol–water partition coefficient (Wildman–Crippen LogP) is 1.69. The van der Waals surface area contributed by atoms with Crippen molar-refractivity contribution in [2.24, 2.45) is 0 Å². The Morgan fingerprint density at radius 2 is 1.60 bits per heavy atom. The molecule has 7 heteroatoms. The predicted molar refractivity (Wildman–Crippen MR) is 92.9 cm³/mol. The van der Waals surface area contributed by atoms with Crippen molar-refractivity contribution < 1.29 is 19.1 Å². The molecule has 3 N–H and O–H groups in total. The Morgan fingerprint density at radius 3 is 2.24 bits per heavy atom. The van der Waals surface area contributed by atoms with Crippen molar-refractivity contribution in [1.82, 2.24) is 16.2 Å². The first-order chi connectivity index (χ1) is 12.1. The van der Waals surface area contributed by atoms with E-state index in [4.69, 9.17) is 4.74 Å². The number of carbonyl (C=O) groups is 3. The molecule has 0 atom stereocenters. The van der Waals surface area contributed by atoms with Gasteiger partial charge in [-0.25, -0.2) is 0 Å². The lowest BCUT2D eigenvalue weighted by Gasteiger charge is -2.22. The van der Waals surface area contributed by atoms with E-state index in [9.17, 15) is 14.4 Å². The van der Waals surface area contributed by atoms with Gasteiger partial charge in [-0.1, -0.05) is 19.3 Å². The maximum atomic E-state index is 11.9. The standard InChI is InChI=1S/C18H25N3O4/c1-25-15-9-7-13(8-10-15)18(24)21-20-17(23)12-11-16(22)19-14-5-3-2-4-6-14/h7-10,14H,2-6,11-12H2,1H3,(H,19,22)(H,20,23)(H,21,24). The summed E-state index contributed by atoms with van der Waals surface area (Å²) >= 11 is 0. The third-order valence-corrected chi connectivity index (χ3v) is 4.22. The number of rotatable bonds is 6. The van der Waals surface area contributed by atoms with E-state index in [1.807, 2.05) is 0 Å². The molecule has 1 aromatic carbocycles. The molecule has 1 aliphatic carbocycles. The van der Waals surface area contributed by atoms with Gasteiger partial charge < -0.3 is 10.1 Å². The van der Waals surface area contributed by atoms with Gasteiger partial charge >= 0.3 is 0 Å². The summed E-state index contributed by atoms with van der Waals surface area (Å²) in [5.74, 6) is -0.309. The van der Waals surface area contributed by atoms with E-state index in [0.29, 0.717) is 11.3 Å². The summed E-state index contributed by atoms with van der Waals surface area (Å²) < 4.78 is 5.02. The van der Waals surface area contributed by atoms with Crippen LogP contribution < -0.4 is 20.9 Å². The average Bonchev–Trinajstić information content (AvgIpc) is 2.65. The van der Waals surface area contributed by atoms with Crippen LogP contribution in [0.3, 0.4) is 0 Å². The highest BCUT2D eigenvalue weighted by Gasteiger charge is 2.16. The molecule has 0 bridgehead atoms. The second kappa shape index (κ2) is 9.66. The smallest absolute Gasteiger partial charge is 0.269 e. The average molecular weight is 347 g/mol. The van der Waals surface area contributed by atoms with Gasteiger partial charge in [0.15, 0.2) is 0 Å². The van der Waals surface area contributed by atoms with Crippen LogP contribution in [0.25, 0.3) is 0 Å². The molecule has 1 aliphatic rings. The van der Waals surface area contributed by atoms with Crippen LogP contribution in [0.2, 0.25) is 0 Å². The van der Waals surface area contributed by atoms with E-state index in [1.54, 1.807) is 31.4 Å². The molecule has 1 saturated carbocycles. The Morgan fingerprint density at radius 1 is 0.960 bits per heavy atom. The summed E-state index contributed by atoms with van der Waals surface area (Å²) in [7, 11) is 1.54. The largest absolute Gasteiger partial charge is 0.497 e. The van der Waals surface area contributed by atoms with Crippen LogP contribution in [0, 0.1) is 0 Å². The summed E-state index contributed by atoms with van der Waals surface area (Å²) in [6.07, 6.45) is 5.67. The zero-order valence-corrected chi connectivity index (χ0v) is 14.5. The number of hydrazine groups is 1. The molecule has 0 radical (unpaired) electrons. The second-order valence-corrected chi connectivity index (χ2v) is 6.13. The van der Waals surface area contributed by atoms with Crippen molar-refractivity contribution in [3.05, 3.63) is 29.8 Å². The summed E-state index contributed by atoms with van der Waals surface area (Å²) in [5, 5.41) is 2.96. The van der Waals surface area contributed by atoms with Crippen molar-refractivity contribution in [3.63, 3.8) is 0 Å². The van der Waals surface area contributed by atoms with Crippen molar-refractivity contribution in [3.8, 4) is 5.75 Å². The monoisotopic (exact) mass is 347 g/mol. The maximum Gasteiger partial charge on any atom is 0.269 e. The second-order valence-electron chi connectivity index (χ2n) is 6.13. The zero-order valence-electron chi connectivity index (χ0n) is 14.5. The lowest BCUT2D eigenvalue weighted by atomic mass is 9.95. The van der Waals surface area contributed by atoms with Gasteiger partial charge in [0, 0.05) is 24.4 Å². The lowest BCUT2D eigenvalue weighted by Crippen LogP contribution is -2.42. The maximum absolute atomic E-state index is 11.9. The van der Waals surface area contributed by atoms with Gasteiger partial charge in [0.25, 0.3) is 5.91 Å². The number of ether oxygens (including phenoxy) is 1. The first kappa shape index (κ1) is 18.8. The van der Waals surface area contributed by atoms with Crippen LogP contribution in [-0.4, -0.2) is 30.9 Å². The molecule has 0 unspecified atom stereocenters. The number of nitrogens with one attached hydrogen (secondary N) is 3. The minimum absolute atomic E-state index is 0.0292. The van der Waals surface area contributed by atoms with Gasteiger partial charge in [-0.05, 0) is 37.1 Å². The summed E-state index contributed by atoms with van der Waals surface area (Å²) in [5.41, 5.74) is 5.05. The van der Waals surface area contributed by atoms with E-state index < -0.39 is 11.8 Å². The SMILES string of the molecule is COc1ccc(C(=O)NNC(=O)CCC(=O)NC2CCCCC2)cc1. The summed E-state index contributed by atoms with van der Waals surface area (Å²) in [6, 6.07) is 6.74. The highest BCUT2D eigenvalue weighted by molar-refractivity contribution is 5.95. The molecule has 0 aromatic heterocycles. The van der Waals surface area contributed by atoms with E-state index >= 15 is 0 Å². The molecule has 25 heavy (non-hydrogen) atoms. The third-order valence-electron chi connectivity index (χ3n) is 4.22. The summed E-state index contributed by atoms with van der Waals surface area (Å²) in [4.78, 5) is 35.5. The minimum atomic E-state index is -0.428. The molecule has 0 heterocycles. The Labute approximate surface area is 147 Å². The summed E-state index contributed by atoms with van der Waals surface area (Å²) in [6.45, 7) is 0. The number of benzene rings is 1. The molecular formula is C18H25N3O4. The highest BCUT2D eigenvalue weighted by atomic mass is 16.5. The van der Waals surface area contributed by atoms with E-state index in [1.165, 1.54) is 6.42 Å². The molecule has 7 nitrogen and oxygen atoms in total. The normalized spacial score (nSPS) is 14.4. The fraction of sp³-hybridized carbons (Fsp3) is 0.500. The molecule has 1 fully saturated rings. The van der Waals surface area contributed by atoms with Gasteiger partial charge in [-0.2, -0.15) is 0 Å². The van der Waals surface area contributed by atoms with E-state index in [-0.39, 0.29) is 24.8 Å². The van der Waals surface area contributed by atoms with Gasteiger partial charge in [-0.15, -0.1) is 0 Å². The molecule has 0 saturated heterocycles. The fourth-order valence-corrected chi connectivity index (χ4v) is 2.78. The molecule has 1 aromatic rings. The Bertz CT molecular complexity index is 595. The quantitative estimate of drug-likeness (QED) is 0.682. The Hall–Kier alpha value is -2.57. The molecule has 0 spiro atoms. The van der Waals surface area contributed by atoms with Gasteiger partial charge in [0.2, 0.25) is 11.8 Å². The third kappa shape index (κ3) is 6.45. The van der Waals surface area contributed by atoms with Gasteiger partial charge in [0.1, 0.15) is 5.75 Å². The van der Waals surface area contributed by atoms with Crippen LogP contribution >= 0.6 is 0 Å². The van der Waals surface area contributed by atoms with Crippen LogP contribution in [0.4, 0.5) is 0 Å². The van der Waals surface area contributed by atoms with E-state index in [2.05, 4.69) is 16.2 Å². The lowest BCUT2D eigenvalue weighted by molar-refractivity contribution is -0.127. The number of methoxy groups -OCH3 is 1. The van der Waals surface area contributed by atoms with Gasteiger partial charge in [-0.3, -0.25) is 25.2 Å². The topological polar surface area (TPSA) is 96.5 Å². The Kier molecular flexibility index (Phi) is 7.25. The number of carbonyl (C=O) groups excluding carboxylic acids is 3. The molecular weight excluding hydrogens is 322 g/mol. The van der Waals surface area contributed by atoms with Crippen LogP contribution in [0.5, 0.6) is 5.75 Å². The molecule has 136 valence electrons. The number of hydrogen-bond acceptors (Lipinski definition) is 4. The van der Waals surface area contributed by atoms with Crippen molar-refractivity contribution >= 4 is 17.7 Å². The number of amides is 3. The van der Waals surface area contributed by atoms with Crippen LogP contribution in [-0.2, 0) is 9.59 Å². The van der Waals surface area contributed by atoms with Crippen molar-refractivity contribution in [2.75, 3.05) is 7.11 Å². The molecule has 2 rings (SSSR count). The molecule has 0 aliphatic heterocycles. The fourth-order valence-electron chi connectivity index (χ4n) is 2.78. The first-order valence-corrected chi connectivity index (χ1v) is 8.61. The van der Waals surface area contributed by atoms with E-state index in [0.717, 1.165) is 25.7 Å². The van der Waals surface area contributed by atoms with Crippen LogP contribution in [0.1, 0.15) is 55.3 Å². The highest BCUT2D eigenvalue weighted by Crippen LogP contribution is 2.17. The van der Waals surface area contributed by atoms with Crippen molar-refractivity contribution in [1.29, 1.82) is 0 Å². The molecule has 3 amide bonds. The minimum Gasteiger partial charge on any atom is -0.497 e. The number of hydrogen-bond donors (Lipinski definition) is 3. The Balaban J connectivity index is 1.65. The zero-order chi connectivity index (χ0) is 18.1. The van der Waals surface area contributed by atoms with Gasteiger partial charge in [0.05, 0.1) is 7.11 Å².